The van der Waals surface area contributed by atoms with E-state index in [0.717, 1.165) is 33.4 Å². The Morgan fingerprint density at radius 1 is 1.09 bits per heavy atom. The number of rotatable bonds is 11. The van der Waals surface area contributed by atoms with Crippen molar-refractivity contribution in [3.8, 4) is 17.0 Å². The highest BCUT2D eigenvalue weighted by Gasteiger charge is 2.28. The summed E-state index contributed by atoms with van der Waals surface area (Å²) < 4.78 is 31.0. The Balaban J connectivity index is 1.35. The predicted molar refractivity (Wildman–Crippen MR) is 140 cm³/mol. The molecule has 0 saturated heterocycles. The maximum absolute atomic E-state index is 10.6. The Hall–Kier alpha value is -2.99. The van der Waals surface area contributed by atoms with Crippen LogP contribution in [0, 0.1) is 0 Å². The fourth-order valence-corrected chi connectivity index (χ4v) is 5.64. The van der Waals surface area contributed by atoms with Gasteiger partial charge in [0.25, 0.3) is 11.0 Å². The zero-order chi connectivity index (χ0) is 24.2. The van der Waals surface area contributed by atoms with Crippen LogP contribution in [0.15, 0.2) is 59.3 Å². The van der Waals surface area contributed by atoms with E-state index in [1.807, 2.05) is 41.8 Å². The molecule has 182 valence electrons. The molecule has 11 heteroatoms. The molecule has 1 aliphatic rings. The lowest BCUT2D eigenvalue weighted by Crippen LogP contribution is -2.14. The molecule has 1 atom stereocenters. The summed E-state index contributed by atoms with van der Waals surface area (Å²) in [5.74, 6) is 1.40. The number of thiol groups is 1. The van der Waals surface area contributed by atoms with Gasteiger partial charge in [0.2, 0.25) is 0 Å². The number of thiazole rings is 2. The Labute approximate surface area is 213 Å². The average Bonchev–Trinajstić information content (AvgIpc) is 3.41. The van der Waals surface area contributed by atoms with Crippen molar-refractivity contribution in [1.29, 1.82) is 0 Å². The van der Waals surface area contributed by atoms with Crippen molar-refractivity contribution in [3.63, 3.8) is 0 Å². The first-order valence-electron chi connectivity index (χ1n) is 11.1. The lowest BCUT2D eigenvalue weighted by atomic mass is 10.0. The van der Waals surface area contributed by atoms with Gasteiger partial charge in [-0.3, -0.25) is 0 Å². The Morgan fingerprint density at radius 2 is 1.91 bits per heavy atom. The summed E-state index contributed by atoms with van der Waals surface area (Å²) in [4.78, 5) is 9.75. The number of ether oxygens (including phenoxy) is 1. The van der Waals surface area contributed by atoms with Crippen LogP contribution < -0.4 is 15.5 Å². The SMILES string of the molecule is COc1cccc(-c2csc(N[C@@H](Cc3ccc(NO[SH](=O)=O)cc3)c3csc(C4CC4)n3)n2)c1. The highest BCUT2D eigenvalue weighted by atomic mass is 32.2. The number of nitrogens with zero attached hydrogens (tertiary/aromatic N) is 2. The van der Waals surface area contributed by atoms with Crippen LogP contribution in [-0.4, -0.2) is 25.5 Å². The molecule has 35 heavy (non-hydrogen) atoms. The lowest BCUT2D eigenvalue weighted by molar-refractivity contribution is 0.410. The molecule has 0 amide bonds. The van der Waals surface area contributed by atoms with Crippen molar-refractivity contribution in [2.24, 2.45) is 0 Å². The van der Waals surface area contributed by atoms with E-state index >= 15 is 0 Å². The first-order valence-corrected chi connectivity index (χ1v) is 13.9. The summed E-state index contributed by atoms with van der Waals surface area (Å²) in [6.07, 6.45) is 3.12. The highest BCUT2D eigenvalue weighted by Crippen LogP contribution is 2.42. The van der Waals surface area contributed by atoms with Crippen LogP contribution >= 0.6 is 22.7 Å². The molecule has 2 aromatic carbocycles. The number of nitrogens with one attached hydrogen (secondary N) is 2. The molecular weight excluding hydrogens is 504 g/mol. The molecule has 2 heterocycles. The highest BCUT2D eigenvalue weighted by molar-refractivity contribution is 7.67. The molecule has 2 aromatic heterocycles. The van der Waals surface area contributed by atoms with Gasteiger partial charge in [0.05, 0.1) is 35.2 Å². The van der Waals surface area contributed by atoms with Crippen LogP contribution in [0.3, 0.4) is 0 Å². The van der Waals surface area contributed by atoms with E-state index in [1.54, 1.807) is 41.9 Å². The van der Waals surface area contributed by atoms with Crippen LogP contribution in [0.4, 0.5) is 10.8 Å². The van der Waals surface area contributed by atoms with Gasteiger partial charge in [0.15, 0.2) is 5.13 Å². The topological polar surface area (TPSA) is 102 Å². The van der Waals surface area contributed by atoms with Crippen molar-refractivity contribution in [2.45, 2.75) is 31.2 Å². The third-order valence-electron chi connectivity index (χ3n) is 5.62. The van der Waals surface area contributed by atoms with E-state index in [4.69, 9.17) is 14.7 Å². The summed E-state index contributed by atoms with van der Waals surface area (Å²) in [5, 5.41) is 9.78. The molecular formula is C24H24N4O4S3. The van der Waals surface area contributed by atoms with Crippen LogP contribution in [0.5, 0.6) is 5.75 Å². The molecule has 0 bridgehead atoms. The molecule has 1 fully saturated rings. The van der Waals surface area contributed by atoms with Crippen molar-refractivity contribution in [1.82, 2.24) is 9.97 Å². The molecule has 1 saturated carbocycles. The fourth-order valence-electron chi connectivity index (χ4n) is 3.65. The maximum atomic E-state index is 10.6. The van der Waals surface area contributed by atoms with Gasteiger partial charge >= 0.3 is 0 Å². The van der Waals surface area contributed by atoms with E-state index in [9.17, 15) is 8.42 Å². The summed E-state index contributed by atoms with van der Waals surface area (Å²) in [6, 6.07) is 15.2. The lowest BCUT2D eigenvalue weighted by Gasteiger charge is -2.17. The molecule has 0 radical (unpaired) electrons. The van der Waals surface area contributed by atoms with Crippen LogP contribution in [0.1, 0.15) is 41.1 Å². The minimum atomic E-state index is -2.96. The van der Waals surface area contributed by atoms with Crippen molar-refractivity contribution < 1.29 is 17.4 Å². The standard InChI is InChI=1S/C24H24N4O4S3/c1-31-19-4-2-3-17(12-19)21-13-34-24(27-21)26-20(22-14-33-23(25-22)16-7-8-16)11-15-5-9-18(10-6-15)28-32-35(29)30/h2-6,9-10,12-14,16,20,28,35H,7-8,11H2,1H3,(H,26,27)/t20-/m0/s1. The molecule has 5 rings (SSSR count). The van der Waals surface area contributed by atoms with Crippen molar-refractivity contribution >= 4 is 44.5 Å². The quantitative estimate of drug-likeness (QED) is 0.175. The van der Waals surface area contributed by atoms with E-state index in [1.165, 1.54) is 17.8 Å². The van der Waals surface area contributed by atoms with Gasteiger partial charge in [0.1, 0.15) is 5.75 Å². The number of benzene rings is 2. The minimum Gasteiger partial charge on any atom is -0.497 e. The molecule has 0 unspecified atom stereocenters. The third kappa shape index (κ3) is 6.17. The second kappa shape index (κ2) is 10.7. The molecule has 8 nitrogen and oxygen atoms in total. The van der Waals surface area contributed by atoms with Gasteiger partial charge in [-0.2, -0.15) is 4.28 Å². The smallest absolute Gasteiger partial charge is 0.277 e. The average molecular weight is 529 g/mol. The van der Waals surface area contributed by atoms with E-state index in [0.29, 0.717) is 18.0 Å². The Kier molecular flexibility index (Phi) is 7.28. The number of hydrogen-bond donors (Lipinski definition) is 3. The van der Waals surface area contributed by atoms with Gasteiger partial charge in [0, 0.05) is 22.2 Å². The number of anilines is 2. The van der Waals surface area contributed by atoms with Crippen molar-refractivity contribution in [3.05, 3.63) is 75.6 Å². The van der Waals surface area contributed by atoms with Gasteiger partial charge in [-0.25, -0.2) is 23.9 Å². The van der Waals surface area contributed by atoms with Gasteiger partial charge in [-0.1, -0.05) is 24.3 Å². The van der Waals surface area contributed by atoms with Crippen LogP contribution in [0.25, 0.3) is 11.3 Å². The van der Waals surface area contributed by atoms with Crippen molar-refractivity contribution in [2.75, 3.05) is 17.9 Å². The van der Waals surface area contributed by atoms with Gasteiger partial charge in [-0.15, -0.1) is 22.7 Å². The monoisotopic (exact) mass is 528 g/mol. The van der Waals surface area contributed by atoms with Crippen LogP contribution in [0.2, 0.25) is 0 Å². The first kappa shape index (κ1) is 23.7. The summed E-state index contributed by atoms with van der Waals surface area (Å²) in [5.41, 5.74) is 6.93. The first-order chi connectivity index (χ1) is 17.1. The Morgan fingerprint density at radius 3 is 2.66 bits per heavy atom. The zero-order valence-electron chi connectivity index (χ0n) is 18.8. The zero-order valence-corrected chi connectivity index (χ0v) is 21.4. The molecule has 0 aliphatic heterocycles. The number of hydrogen-bond acceptors (Lipinski definition) is 10. The van der Waals surface area contributed by atoms with Gasteiger partial charge in [-0.05, 0) is 49.1 Å². The maximum Gasteiger partial charge on any atom is 0.277 e. The second-order valence-corrected chi connectivity index (χ2v) is 10.5. The molecule has 0 spiro atoms. The van der Waals surface area contributed by atoms with Crippen LogP contribution in [-0.2, 0) is 21.7 Å². The largest absolute Gasteiger partial charge is 0.497 e. The Bertz CT molecular complexity index is 1360. The fraction of sp³-hybridized carbons (Fsp3) is 0.250. The summed E-state index contributed by atoms with van der Waals surface area (Å²) in [6.45, 7) is 0. The number of aromatic nitrogens is 2. The van der Waals surface area contributed by atoms with E-state index < -0.39 is 11.0 Å². The molecule has 2 N–H and O–H groups in total. The molecule has 4 aromatic rings. The predicted octanol–water partition coefficient (Wildman–Crippen LogP) is 5.42. The normalized spacial score (nSPS) is 14.1. The summed E-state index contributed by atoms with van der Waals surface area (Å²) >= 11 is 3.28. The number of methoxy groups -OCH3 is 1. The second-order valence-electron chi connectivity index (χ2n) is 8.17. The minimum absolute atomic E-state index is 0.0609. The third-order valence-corrected chi connectivity index (χ3v) is 7.66. The van der Waals surface area contributed by atoms with E-state index in [2.05, 4.69) is 20.5 Å². The summed E-state index contributed by atoms with van der Waals surface area (Å²) in [7, 11) is -1.31. The van der Waals surface area contributed by atoms with Gasteiger partial charge < -0.3 is 10.1 Å². The molecule has 1 aliphatic carbocycles. The van der Waals surface area contributed by atoms with E-state index in [-0.39, 0.29) is 6.04 Å².